The maximum absolute atomic E-state index is 12.9. The number of nitrogens with zero attached hydrogens (tertiary/aromatic N) is 3. The van der Waals surface area contributed by atoms with Crippen LogP contribution < -0.4 is 0 Å². The maximum atomic E-state index is 12.9. The van der Waals surface area contributed by atoms with Crippen molar-refractivity contribution in [3.05, 3.63) is 44.9 Å². The fraction of sp³-hybridized carbons (Fsp3) is 0.250. The van der Waals surface area contributed by atoms with E-state index in [9.17, 15) is 52.1 Å². The molecule has 0 heterocycles. The minimum Gasteiger partial charge on any atom is -0.466 e. The molecule has 0 aliphatic heterocycles. The quantitative estimate of drug-likeness (QED) is 0.377. The highest BCUT2D eigenvalue weighted by Gasteiger charge is 2.42. The number of nitriles is 1. The van der Waals surface area contributed by atoms with Crippen LogP contribution in [-0.4, -0.2) is 23.1 Å². The third-order valence-corrected chi connectivity index (χ3v) is 6.63. The lowest BCUT2D eigenvalue weighted by Gasteiger charge is -2.29. The van der Waals surface area contributed by atoms with E-state index in [0.717, 1.165) is 0 Å². The molecule has 160 valence electrons. The third kappa shape index (κ3) is 5.11. The van der Waals surface area contributed by atoms with Crippen LogP contribution in [0.2, 0.25) is 0 Å². The summed E-state index contributed by atoms with van der Waals surface area (Å²) in [5.41, 5.74) is -10.6. The number of alkyl halides is 9. The van der Waals surface area contributed by atoms with Gasteiger partial charge in [-0.3, -0.25) is 4.21 Å². The zero-order chi connectivity index (χ0) is 23.1. The van der Waals surface area contributed by atoms with Crippen molar-refractivity contribution in [2.75, 3.05) is 0 Å². The molecule has 1 aromatic rings. The Morgan fingerprint density at radius 1 is 0.931 bits per heavy atom. The number of rotatable bonds is 3. The molecule has 0 amide bonds. The lowest BCUT2D eigenvalue weighted by atomic mass is 10.1. The number of sulfonamides is 1. The molecule has 1 rings (SSSR count). The number of hydrogen-bond donors (Lipinski definition) is 0. The molecule has 0 saturated carbocycles. The number of halogens is 9. The summed E-state index contributed by atoms with van der Waals surface area (Å²) in [5, 5.41) is 8.72. The molecule has 0 fully saturated rings. The zero-order valence-electron chi connectivity index (χ0n) is 13.0. The fourth-order valence-corrected chi connectivity index (χ4v) is 4.72. The average molecular weight is 472 g/mol. The van der Waals surface area contributed by atoms with Gasteiger partial charge in [-0.25, -0.2) is 18.5 Å². The molecule has 1 unspecified atom stereocenters. The van der Waals surface area contributed by atoms with E-state index in [0.29, 0.717) is 6.07 Å². The van der Waals surface area contributed by atoms with Crippen LogP contribution in [0.15, 0.2) is 23.1 Å². The van der Waals surface area contributed by atoms with Gasteiger partial charge in [0, 0.05) is 4.90 Å². The van der Waals surface area contributed by atoms with Gasteiger partial charge in [0.25, 0.3) is 0 Å². The van der Waals surface area contributed by atoms with Gasteiger partial charge < -0.3 is 4.13 Å². The largest absolute Gasteiger partial charge is 0.480 e. The summed E-state index contributed by atoms with van der Waals surface area (Å²) >= 11 is 0. The summed E-state index contributed by atoms with van der Waals surface area (Å²) in [4.78, 5) is -1.70. The van der Waals surface area contributed by atoms with Gasteiger partial charge in [-0.05, 0) is 18.2 Å². The van der Waals surface area contributed by atoms with Gasteiger partial charge in [0.15, 0.2) is 10.0 Å². The normalized spacial score (nSPS) is 15.1. The molecule has 1 aromatic carbocycles. The molecule has 0 spiro atoms. The van der Waals surface area contributed by atoms with E-state index >= 15 is 0 Å². The molecular formula is C12H3F9N3O3S2-. The maximum Gasteiger partial charge on any atom is 0.480 e. The third-order valence-electron chi connectivity index (χ3n) is 2.84. The van der Waals surface area contributed by atoms with Crippen LogP contribution in [0.3, 0.4) is 0 Å². The molecule has 6 nitrogen and oxygen atoms in total. The first kappa shape index (κ1) is 24.5. The Morgan fingerprint density at radius 3 is 1.62 bits per heavy atom. The van der Waals surface area contributed by atoms with Gasteiger partial charge in [-0.2, -0.15) is 39.5 Å². The van der Waals surface area contributed by atoms with E-state index in [4.69, 9.17) is 11.8 Å². The molecule has 0 N–H and O–H groups in total. The summed E-state index contributed by atoms with van der Waals surface area (Å²) in [6.07, 6.45) is -11.1. The lowest BCUT2D eigenvalue weighted by molar-refractivity contribution is -0.143. The fourth-order valence-electron chi connectivity index (χ4n) is 1.61. The molecule has 29 heavy (non-hydrogen) atoms. The van der Waals surface area contributed by atoms with Crippen molar-refractivity contribution in [1.82, 2.24) is 0 Å². The van der Waals surface area contributed by atoms with Gasteiger partial charge >= 0.3 is 22.8 Å². The second-order valence-corrected chi connectivity index (χ2v) is 8.71. The summed E-state index contributed by atoms with van der Waals surface area (Å²) in [6, 6.07) is -0.601. The zero-order valence-corrected chi connectivity index (χ0v) is 14.6. The second kappa shape index (κ2) is 7.39. The first-order valence-corrected chi connectivity index (χ1v) is 9.29. The van der Waals surface area contributed by atoms with Crippen molar-refractivity contribution in [2.24, 2.45) is 0 Å². The van der Waals surface area contributed by atoms with Gasteiger partial charge in [-0.15, -0.1) is 0 Å². The van der Waals surface area contributed by atoms with Crippen molar-refractivity contribution in [3.8, 4) is 6.07 Å². The summed E-state index contributed by atoms with van der Waals surface area (Å²) in [6.45, 7) is 6.59. The Morgan fingerprint density at radius 2 is 1.34 bits per heavy atom. The van der Waals surface area contributed by atoms with Crippen molar-refractivity contribution in [1.29, 1.82) is 5.26 Å². The number of hydrogen-bond acceptors (Lipinski definition) is 4. The van der Waals surface area contributed by atoms with Crippen LogP contribution in [0.5, 0.6) is 0 Å². The highest BCUT2D eigenvalue weighted by molar-refractivity contribution is 8.18. The number of benzene rings is 1. The van der Waals surface area contributed by atoms with E-state index < -0.39 is 76.8 Å². The highest BCUT2D eigenvalue weighted by Crippen LogP contribution is 2.40. The van der Waals surface area contributed by atoms with E-state index in [1.807, 2.05) is 4.13 Å². The molecule has 0 bridgehead atoms. The van der Waals surface area contributed by atoms with E-state index in [1.54, 1.807) is 0 Å². The van der Waals surface area contributed by atoms with Crippen molar-refractivity contribution >= 4 is 24.7 Å². The summed E-state index contributed by atoms with van der Waals surface area (Å²) < 4.78 is 152. The SMILES string of the molecule is [C-]#[N+]C(C#N)=S(=O)([N-]S(=O)(=O)C(F)(F)F)c1cc(C(F)(F)F)cc(C(F)(F)F)c1. The molecule has 17 heteroatoms. The Hall–Kier alpha value is -2.50. The first-order valence-electron chi connectivity index (χ1n) is 6.33. The Balaban J connectivity index is 4.11. The molecular weight excluding hydrogens is 469 g/mol. The van der Waals surface area contributed by atoms with Crippen LogP contribution in [0.1, 0.15) is 11.1 Å². The molecule has 0 aromatic heterocycles. The Kier molecular flexibility index (Phi) is 6.26. The first-order chi connectivity index (χ1) is 12.8. The van der Waals surface area contributed by atoms with Crippen LogP contribution in [0.4, 0.5) is 39.5 Å². The predicted octanol–water partition coefficient (Wildman–Crippen LogP) is 4.08. The highest BCUT2D eigenvalue weighted by atomic mass is 32.3. The van der Waals surface area contributed by atoms with Crippen LogP contribution in [0.25, 0.3) is 8.97 Å². The van der Waals surface area contributed by atoms with Crippen molar-refractivity contribution in [2.45, 2.75) is 22.8 Å². The monoisotopic (exact) mass is 472 g/mol. The molecule has 1 atom stereocenters. The molecule has 0 radical (unpaired) electrons. The Bertz CT molecular complexity index is 1080. The molecule has 0 aliphatic rings. The average Bonchev–Trinajstić information content (AvgIpc) is 2.52. The topological polar surface area (TPSA) is 93.5 Å². The smallest absolute Gasteiger partial charge is 0.466 e. The summed E-state index contributed by atoms with van der Waals surface area (Å²) in [7, 11) is -12.5. The van der Waals surface area contributed by atoms with E-state index in [2.05, 4.69) is 4.85 Å². The minimum atomic E-state index is -6.79. The minimum absolute atomic E-state index is 0.393. The van der Waals surface area contributed by atoms with Crippen LogP contribution in [-0.2, 0) is 32.1 Å². The summed E-state index contributed by atoms with van der Waals surface area (Å²) in [5.74, 6) is 0. The predicted molar refractivity (Wildman–Crippen MR) is 78.4 cm³/mol. The van der Waals surface area contributed by atoms with Crippen molar-refractivity contribution in [3.63, 3.8) is 0 Å². The van der Waals surface area contributed by atoms with Crippen molar-refractivity contribution < 1.29 is 52.1 Å². The van der Waals surface area contributed by atoms with Gasteiger partial charge in [0.2, 0.25) is 0 Å². The molecule has 0 saturated heterocycles. The van der Waals surface area contributed by atoms with Crippen LogP contribution >= 0.6 is 0 Å². The Labute approximate surface area is 156 Å². The van der Waals surface area contributed by atoms with Gasteiger partial charge in [0.1, 0.15) is 0 Å². The standard InChI is InChI=1S/C12H3F9N3O3S2/c1-23-9(5-22)28(25,24-29(26,27)12(19,20)21)8-3-6(10(13,14)15)2-7(4-8)11(16,17)18/h2-4H/q-1. The second-order valence-electron chi connectivity index (χ2n) is 4.79. The van der Waals surface area contributed by atoms with Crippen LogP contribution in [0, 0.1) is 17.9 Å². The molecule has 0 aliphatic carbocycles. The van der Waals surface area contributed by atoms with Gasteiger partial charge in [-0.1, -0.05) is 9.71 Å². The lowest BCUT2D eigenvalue weighted by Crippen LogP contribution is -2.26. The van der Waals surface area contributed by atoms with E-state index in [1.165, 1.54) is 0 Å². The van der Waals surface area contributed by atoms with Gasteiger partial charge in [0.05, 0.1) is 23.8 Å². The van der Waals surface area contributed by atoms with E-state index in [-0.39, 0.29) is 0 Å².